The molecule has 1 saturated heterocycles. The number of hydrogen-bond acceptors (Lipinski definition) is 2. The molecular weight excluding hydrogens is 300 g/mol. The van der Waals surface area contributed by atoms with Crippen LogP contribution in [0.15, 0.2) is 30.3 Å². The minimum absolute atomic E-state index is 0.416. The van der Waals surface area contributed by atoms with E-state index in [4.69, 9.17) is 0 Å². The molecule has 0 amide bonds. The van der Waals surface area contributed by atoms with Crippen LogP contribution >= 0.6 is 10.0 Å². The molecule has 1 N–H and O–H groups in total. The fourth-order valence-corrected chi connectivity index (χ4v) is 5.40. The summed E-state index contributed by atoms with van der Waals surface area (Å²) in [7, 11) is -0.627. The van der Waals surface area contributed by atoms with Crippen molar-refractivity contribution < 1.29 is 0 Å². The van der Waals surface area contributed by atoms with E-state index in [9.17, 15) is 0 Å². The largest absolute Gasteiger partial charge is 0.313 e. The summed E-state index contributed by atoms with van der Waals surface area (Å²) < 4.78 is 0.416. The molecule has 1 aromatic carbocycles. The number of piperazine rings is 1. The van der Waals surface area contributed by atoms with Crippen LogP contribution in [0.5, 0.6) is 0 Å². The zero-order chi connectivity index (χ0) is 16.7. The Bertz CT molecular complexity index is 528. The molecule has 3 heteroatoms. The van der Waals surface area contributed by atoms with Crippen molar-refractivity contribution in [3.8, 4) is 0 Å². The molecule has 1 aliphatic heterocycles. The van der Waals surface area contributed by atoms with Gasteiger partial charge >= 0.3 is 0 Å². The summed E-state index contributed by atoms with van der Waals surface area (Å²) in [4.78, 5) is 2.86. The van der Waals surface area contributed by atoms with Gasteiger partial charge in [0.1, 0.15) is 0 Å². The van der Waals surface area contributed by atoms with E-state index in [1.807, 2.05) is 0 Å². The van der Waals surface area contributed by atoms with Gasteiger partial charge in [0.25, 0.3) is 0 Å². The van der Waals surface area contributed by atoms with Crippen LogP contribution in [-0.4, -0.2) is 52.6 Å². The van der Waals surface area contributed by atoms with Crippen LogP contribution in [0.4, 0.5) is 0 Å². The second kappa shape index (κ2) is 6.09. The van der Waals surface area contributed by atoms with E-state index in [0.717, 1.165) is 13.1 Å². The van der Waals surface area contributed by atoms with Gasteiger partial charge < -0.3 is 5.32 Å². The third kappa shape index (κ3) is 3.62. The van der Waals surface area contributed by atoms with Gasteiger partial charge in [-0.25, -0.2) is 10.0 Å². The molecule has 1 spiro atoms. The van der Waals surface area contributed by atoms with Crippen LogP contribution in [0.1, 0.15) is 39.2 Å². The molecule has 2 nitrogen and oxygen atoms in total. The van der Waals surface area contributed by atoms with Gasteiger partial charge in [0, 0.05) is 31.2 Å². The number of nitrogens with zero attached hydrogens (tertiary/aromatic N) is 1. The van der Waals surface area contributed by atoms with Crippen LogP contribution in [0.2, 0.25) is 0 Å². The fourth-order valence-electron chi connectivity index (χ4n) is 3.64. The number of hydrogen-bond donors (Lipinski definition) is 1. The Labute approximate surface area is 144 Å². The first-order valence-corrected chi connectivity index (χ1v) is 11.6. The van der Waals surface area contributed by atoms with E-state index in [1.165, 1.54) is 30.7 Å². The molecule has 130 valence electrons. The molecule has 0 bridgehead atoms. The maximum atomic E-state index is 3.75. The average molecular weight is 335 g/mol. The lowest BCUT2D eigenvalue weighted by atomic mass is 10.0. The Balaban J connectivity index is 1.80. The summed E-state index contributed by atoms with van der Waals surface area (Å²) in [6.07, 6.45) is 7.80. The highest BCUT2D eigenvalue weighted by molar-refractivity contribution is 8.33. The first-order valence-electron chi connectivity index (χ1n) is 8.96. The zero-order valence-electron chi connectivity index (χ0n) is 15.6. The summed E-state index contributed by atoms with van der Waals surface area (Å²) in [5.41, 5.74) is 1.92. The molecule has 1 aromatic rings. The van der Waals surface area contributed by atoms with Crippen LogP contribution in [0.3, 0.4) is 0 Å². The summed E-state index contributed by atoms with van der Waals surface area (Å²) in [6.45, 7) is 10.7. The minimum Gasteiger partial charge on any atom is -0.313 e. The van der Waals surface area contributed by atoms with Crippen molar-refractivity contribution in [3.05, 3.63) is 35.9 Å². The van der Waals surface area contributed by atoms with E-state index >= 15 is 0 Å². The third-order valence-electron chi connectivity index (χ3n) is 6.17. The highest BCUT2D eigenvalue weighted by atomic mass is 32.3. The van der Waals surface area contributed by atoms with Crippen molar-refractivity contribution in [1.29, 1.82) is 0 Å². The van der Waals surface area contributed by atoms with E-state index in [2.05, 4.69) is 73.8 Å². The zero-order valence-corrected chi connectivity index (χ0v) is 16.4. The molecule has 0 aromatic heterocycles. The van der Waals surface area contributed by atoms with Gasteiger partial charge in [0.2, 0.25) is 0 Å². The Morgan fingerprint density at radius 1 is 1.17 bits per heavy atom. The quantitative estimate of drug-likeness (QED) is 0.899. The van der Waals surface area contributed by atoms with Crippen molar-refractivity contribution in [3.63, 3.8) is 0 Å². The number of benzene rings is 1. The predicted octanol–water partition coefficient (Wildman–Crippen LogP) is 3.86. The van der Waals surface area contributed by atoms with Crippen molar-refractivity contribution in [2.75, 3.05) is 31.4 Å². The maximum absolute atomic E-state index is 3.75. The molecule has 0 radical (unpaired) electrons. The topological polar surface area (TPSA) is 15.3 Å². The molecule has 1 atom stereocenters. The third-order valence-corrected chi connectivity index (χ3v) is 10.7. The highest BCUT2D eigenvalue weighted by Gasteiger charge is 2.52. The summed E-state index contributed by atoms with van der Waals surface area (Å²) in [5, 5.41) is 3.75. The van der Waals surface area contributed by atoms with E-state index in [0.29, 0.717) is 16.3 Å². The molecular formula is C20H34N2S. The lowest BCUT2D eigenvalue weighted by molar-refractivity contribution is 0.0831. The Kier molecular flexibility index (Phi) is 4.59. The molecule has 1 heterocycles. The highest BCUT2D eigenvalue weighted by Crippen LogP contribution is 2.55. The Morgan fingerprint density at radius 3 is 2.39 bits per heavy atom. The SMILES string of the molecule is CC(C)(C)S(C)(C)CC1CNCC2(CC2)N1Cc1ccccc1. The van der Waals surface area contributed by atoms with Gasteiger partial charge in [0.05, 0.1) is 0 Å². The molecule has 2 fully saturated rings. The van der Waals surface area contributed by atoms with Gasteiger partial charge in [-0.3, -0.25) is 4.90 Å². The summed E-state index contributed by atoms with van der Waals surface area (Å²) >= 11 is 0. The molecule has 3 rings (SSSR count). The van der Waals surface area contributed by atoms with Crippen molar-refractivity contribution >= 4 is 10.0 Å². The second-order valence-corrected chi connectivity index (χ2v) is 13.6. The van der Waals surface area contributed by atoms with E-state index in [-0.39, 0.29) is 0 Å². The molecule has 1 unspecified atom stereocenters. The molecule has 1 saturated carbocycles. The van der Waals surface area contributed by atoms with Gasteiger partial charge in [0.15, 0.2) is 0 Å². The number of rotatable bonds is 4. The first kappa shape index (κ1) is 17.3. The van der Waals surface area contributed by atoms with Gasteiger partial charge in [-0.1, -0.05) is 51.1 Å². The van der Waals surface area contributed by atoms with Gasteiger partial charge in [-0.05, 0) is 41.4 Å². The van der Waals surface area contributed by atoms with Crippen molar-refractivity contribution in [1.82, 2.24) is 10.2 Å². The second-order valence-electron chi connectivity index (χ2n) is 8.94. The lowest BCUT2D eigenvalue weighted by Gasteiger charge is -2.52. The molecule has 2 aliphatic rings. The monoisotopic (exact) mass is 334 g/mol. The predicted molar refractivity (Wildman–Crippen MR) is 105 cm³/mol. The summed E-state index contributed by atoms with van der Waals surface area (Å²) in [5.74, 6) is 1.35. The van der Waals surface area contributed by atoms with Gasteiger partial charge in [-0.15, -0.1) is 0 Å². The van der Waals surface area contributed by atoms with Crippen LogP contribution < -0.4 is 5.32 Å². The molecule has 23 heavy (non-hydrogen) atoms. The van der Waals surface area contributed by atoms with Crippen LogP contribution in [-0.2, 0) is 6.54 Å². The normalized spacial score (nSPS) is 25.5. The fraction of sp³-hybridized carbons (Fsp3) is 0.700. The van der Waals surface area contributed by atoms with Crippen LogP contribution in [0, 0.1) is 0 Å². The van der Waals surface area contributed by atoms with E-state index < -0.39 is 10.0 Å². The Hall–Kier alpha value is -0.510. The minimum atomic E-state index is -0.627. The van der Waals surface area contributed by atoms with Crippen LogP contribution in [0.25, 0.3) is 0 Å². The Morgan fingerprint density at radius 2 is 1.83 bits per heavy atom. The van der Waals surface area contributed by atoms with Gasteiger partial charge in [-0.2, -0.15) is 0 Å². The first-order chi connectivity index (χ1) is 10.7. The average Bonchev–Trinajstić information content (AvgIpc) is 3.23. The number of nitrogens with one attached hydrogen (secondary N) is 1. The van der Waals surface area contributed by atoms with Crippen molar-refractivity contribution in [2.24, 2.45) is 0 Å². The van der Waals surface area contributed by atoms with E-state index in [1.54, 1.807) is 0 Å². The lowest BCUT2D eigenvalue weighted by Crippen LogP contribution is -2.60. The smallest absolute Gasteiger partial charge is 0.0342 e. The standard InChI is InChI=1S/C20H34N2S/c1-19(2,3)23(4,5)15-18-13-21-16-20(11-12-20)22(18)14-17-9-7-6-8-10-17/h6-10,18,21H,11-16H2,1-5H3. The maximum Gasteiger partial charge on any atom is 0.0342 e. The van der Waals surface area contributed by atoms with Crippen molar-refractivity contribution in [2.45, 2.75) is 56.5 Å². The molecule has 1 aliphatic carbocycles. The summed E-state index contributed by atoms with van der Waals surface area (Å²) in [6, 6.07) is 11.7.